The van der Waals surface area contributed by atoms with Crippen LogP contribution >= 0.6 is 0 Å². The van der Waals surface area contributed by atoms with E-state index >= 15 is 0 Å². The summed E-state index contributed by atoms with van der Waals surface area (Å²) in [7, 11) is 0. The minimum Gasteiger partial charge on any atom is -0.490 e. The number of carbonyl (C=O) groups is 1. The van der Waals surface area contributed by atoms with Gasteiger partial charge in [-0.05, 0) is 52.9 Å². The third-order valence-electron chi connectivity index (χ3n) is 3.26. The molecule has 0 fully saturated rings. The zero-order chi connectivity index (χ0) is 17.5. The van der Waals surface area contributed by atoms with E-state index in [1.165, 1.54) is 11.0 Å². The zero-order valence-corrected chi connectivity index (χ0v) is 13.1. The Morgan fingerprint density at radius 1 is 1.16 bits per heavy atom. The SMILES string of the molecule is N#Cc1ccc(OCCOC(=O)c2cccc(-n3cnnn3)c2)cc1. The normalized spacial score (nSPS) is 10.0. The Kier molecular flexibility index (Phi) is 4.97. The van der Waals surface area contributed by atoms with Crippen molar-refractivity contribution in [1.29, 1.82) is 5.26 Å². The summed E-state index contributed by atoms with van der Waals surface area (Å²) in [6, 6.07) is 15.5. The highest BCUT2D eigenvalue weighted by Crippen LogP contribution is 2.12. The number of carbonyl (C=O) groups excluding carboxylic acids is 1. The molecule has 0 N–H and O–H groups in total. The smallest absolute Gasteiger partial charge is 0.338 e. The van der Waals surface area contributed by atoms with Crippen molar-refractivity contribution in [3.8, 4) is 17.5 Å². The maximum Gasteiger partial charge on any atom is 0.338 e. The Balaban J connectivity index is 1.51. The largest absolute Gasteiger partial charge is 0.490 e. The second-order valence-electron chi connectivity index (χ2n) is 4.93. The minimum absolute atomic E-state index is 0.105. The molecule has 0 radical (unpaired) electrons. The topological polar surface area (TPSA) is 103 Å². The van der Waals surface area contributed by atoms with Gasteiger partial charge in [-0.2, -0.15) is 5.26 Å². The highest BCUT2D eigenvalue weighted by molar-refractivity contribution is 5.90. The van der Waals surface area contributed by atoms with Gasteiger partial charge >= 0.3 is 5.97 Å². The summed E-state index contributed by atoms with van der Waals surface area (Å²) in [4.78, 5) is 12.1. The molecule has 0 saturated heterocycles. The number of benzene rings is 2. The molecular weight excluding hydrogens is 322 g/mol. The van der Waals surface area contributed by atoms with E-state index in [4.69, 9.17) is 14.7 Å². The van der Waals surface area contributed by atoms with Crippen LogP contribution in [0.4, 0.5) is 0 Å². The fourth-order valence-electron chi connectivity index (χ4n) is 2.06. The second-order valence-corrected chi connectivity index (χ2v) is 4.93. The molecule has 25 heavy (non-hydrogen) atoms. The van der Waals surface area contributed by atoms with Gasteiger partial charge in [-0.25, -0.2) is 9.48 Å². The lowest BCUT2D eigenvalue weighted by molar-refractivity contribution is 0.0450. The molecule has 1 heterocycles. The Morgan fingerprint density at radius 3 is 2.72 bits per heavy atom. The number of ether oxygens (including phenoxy) is 2. The molecule has 0 saturated carbocycles. The molecule has 3 aromatic rings. The van der Waals surface area contributed by atoms with E-state index in [1.807, 2.05) is 6.07 Å². The fourth-order valence-corrected chi connectivity index (χ4v) is 2.06. The first-order chi connectivity index (χ1) is 12.3. The Hall–Kier alpha value is -3.73. The molecule has 0 aliphatic carbocycles. The van der Waals surface area contributed by atoms with Crippen LogP contribution in [0.1, 0.15) is 15.9 Å². The number of aromatic nitrogens is 4. The van der Waals surface area contributed by atoms with Crippen LogP contribution in [-0.2, 0) is 4.74 Å². The third-order valence-corrected chi connectivity index (χ3v) is 3.26. The highest BCUT2D eigenvalue weighted by Gasteiger charge is 2.09. The summed E-state index contributed by atoms with van der Waals surface area (Å²) in [5.74, 6) is 0.147. The molecule has 0 bridgehead atoms. The van der Waals surface area contributed by atoms with Gasteiger partial charge in [-0.3, -0.25) is 0 Å². The quantitative estimate of drug-likeness (QED) is 0.499. The van der Waals surface area contributed by atoms with E-state index in [0.29, 0.717) is 22.6 Å². The number of esters is 1. The van der Waals surface area contributed by atoms with Gasteiger partial charge in [0.25, 0.3) is 0 Å². The van der Waals surface area contributed by atoms with E-state index in [0.717, 1.165) is 0 Å². The maximum absolute atomic E-state index is 12.1. The summed E-state index contributed by atoms with van der Waals surface area (Å²) in [6.45, 7) is 0.318. The van der Waals surface area contributed by atoms with Crippen molar-refractivity contribution in [1.82, 2.24) is 20.2 Å². The van der Waals surface area contributed by atoms with Crippen molar-refractivity contribution in [2.45, 2.75) is 0 Å². The van der Waals surface area contributed by atoms with Crippen molar-refractivity contribution >= 4 is 5.97 Å². The molecule has 0 spiro atoms. The number of hydrogen-bond donors (Lipinski definition) is 0. The average molecular weight is 335 g/mol. The van der Waals surface area contributed by atoms with Crippen LogP contribution in [0.25, 0.3) is 5.69 Å². The highest BCUT2D eigenvalue weighted by atomic mass is 16.6. The molecule has 0 amide bonds. The third kappa shape index (κ3) is 4.17. The number of hydrogen-bond acceptors (Lipinski definition) is 7. The summed E-state index contributed by atoms with van der Waals surface area (Å²) in [6.07, 6.45) is 1.44. The standard InChI is InChI=1S/C17H13N5O3/c18-11-13-4-6-16(7-5-13)24-8-9-25-17(23)14-2-1-3-15(10-14)22-12-19-20-21-22/h1-7,10,12H,8-9H2. The molecule has 8 heteroatoms. The second kappa shape index (κ2) is 7.70. The molecule has 0 aliphatic heterocycles. The lowest BCUT2D eigenvalue weighted by Gasteiger charge is -2.08. The molecule has 8 nitrogen and oxygen atoms in total. The van der Waals surface area contributed by atoms with E-state index in [1.54, 1.807) is 48.5 Å². The average Bonchev–Trinajstić information content (AvgIpc) is 3.20. The lowest BCUT2D eigenvalue weighted by atomic mass is 10.2. The van der Waals surface area contributed by atoms with Gasteiger partial charge in [0.15, 0.2) is 0 Å². The zero-order valence-electron chi connectivity index (χ0n) is 13.1. The molecular formula is C17H13N5O3. The summed E-state index contributed by atoms with van der Waals surface area (Å²) < 4.78 is 12.1. The summed E-state index contributed by atoms with van der Waals surface area (Å²) >= 11 is 0. The van der Waals surface area contributed by atoms with Gasteiger partial charge in [-0.1, -0.05) is 6.07 Å². The van der Waals surface area contributed by atoms with Gasteiger partial charge < -0.3 is 9.47 Å². The monoisotopic (exact) mass is 335 g/mol. The van der Waals surface area contributed by atoms with Gasteiger partial charge in [0, 0.05) is 0 Å². The van der Waals surface area contributed by atoms with E-state index in [2.05, 4.69) is 15.5 Å². The lowest BCUT2D eigenvalue weighted by Crippen LogP contribution is -2.12. The summed E-state index contributed by atoms with van der Waals surface area (Å²) in [5, 5.41) is 19.6. The Bertz CT molecular complexity index is 885. The minimum atomic E-state index is -0.460. The molecule has 3 rings (SSSR count). The van der Waals surface area contributed by atoms with Crippen molar-refractivity contribution < 1.29 is 14.3 Å². The number of nitriles is 1. The fraction of sp³-hybridized carbons (Fsp3) is 0.118. The first-order valence-corrected chi connectivity index (χ1v) is 7.40. The van der Waals surface area contributed by atoms with Crippen molar-refractivity contribution in [3.63, 3.8) is 0 Å². The van der Waals surface area contributed by atoms with Crippen molar-refractivity contribution in [2.24, 2.45) is 0 Å². The first kappa shape index (κ1) is 16.1. The summed E-state index contributed by atoms with van der Waals surface area (Å²) in [5.41, 5.74) is 1.61. The van der Waals surface area contributed by atoms with Crippen LogP contribution < -0.4 is 4.74 Å². The molecule has 124 valence electrons. The Labute approximate surface area is 143 Å². The van der Waals surface area contributed by atoms with E-state index in [9.17, 15) is 4.79 Å². The van der Waals surface area contributed by atoms with E-state index in [-0.39, 0.29) is 13.2 Å². The van der Waals surface area contributed by atoms with Crippen LogP contribution in [0, 0.1) is 11.3 Å². The number of tetrazole rings is 1. The van der Waals surface area contributed by atoms with Crippen LogP contribution in [-0.4, -0.2) is 39.4 Å². The van der Waals surface area contributed by atoms with Crippen molar-refractivity contribution in [3.05, 3.63) is 66.0 Å². The molecule has 2 aromatic carbocycles. The predicted molar refractivity (Wildman–Crippen MR) is 86.1 cm³/mol. The van der Waals surface area contributed by atoms with Crippen molar-refractivity contribution in [2.75, 3.05) is 13.2 Å². The molecule has 0 unspecified atom stereocenters. The van der Waals surface area contributed by atoms with Crippen LogP contribution in [0.3, 0.4) is 0 Å². The van der Waals surface area contributed by atoms with Gasteiger partial charge in [0.05, 0.1) is 22.9 Å². The van der Waals surface area contributed by atoms with Gasteiger partial charge in [-0.15, -0.1) is 5.10 Å². The van der Waals surface area contributed by atoms with Crippen LogP contribution in [0.5, 0.6) is 5.75 Å². The van der Waals surface area contributed by atoms with Crippen LogP contribution in [0.2, 0.25) is 0 Å². The predicted octanol–water partition coefficient (Wildman–Crippen LogP) is 1.77. The molecule has 0 aliphatic rings. The number of rotatable bonds is 6. The number of nitrogens with zero attached hydrogens (tertiary/aromatic N) is 5. The maximum atomic E-state index is 12.1. The molecule has 1 aromatic heterocycles. The van der Waals surface area contributed by atoms with E-state index < -0.39 is 5.97 Å². The Morgan fingerprint density at radius 2 is 2.00 bits per heavy atom. The van der Waals surface area contributed by atoms with Gasteiger partial charge in [0.1, 0.15) is 25.3 Å². The van der Waals surface area contributed by atoms with Crippen LogP contribution in [0.15, 0.2) is 54.9 Å². The first-order valence-electron chi connectivity index (χ1n) is 7.40. The molecule has 0 atom stereocenters. The van der Waals surface area contributed by atoms with Gasteiger partial charge in [0.2, 0.25) is 0 Å².